The highest BCUT2D eigenvalue weighted by atomic mass is 35.5. The fourth-order valence-corrected chi connectivity index (χ4v) is 4.27. The molecule has 7 heteroatoms. The second-order valence-corrected chi connectivity index (χ2v) is 8.64. The van der Waals surface area contributed by atoms with Gasteiger partial charge >= 0.3 is 0 Å². The van der Waals surface area contributed by atoms with Crippen LogP contribution in [-0.4, -0.2) is 20.5 Å². The normalized spacial score (nSPS) is 11.9. The third-order valence-corrected chi connectivity index (χ3v) is 5.68. The van der Waals surface area contributed by atoms with E-state index in [1.165, 1.54) is 17.4 Å². The molecule has 2 aromatic carbocycles. The Morgan fingerprint density at radius 2 is 1.80 bits per heavy atom. The summed E-state index contributed by atoms with van der Waals surface area (Å²) in [5.41, 5.74) is 0.878. The van der Waals surface area contributed by atoms with Crippen LogP contribution in [0.15, 0.2) is 54.6 Å². The predicted octanol–water partition coefficient (Wildman–Crippen LogP) is 4.82. The van der Waals surface area contributed by atoms with Gasteiger partial charge in [-0.2, -0.15) is 0 Å². The Labute approximate surface area is 154 Å². The van der Waals surface area contributed by atoms with Gasteiger partial charge in [-0.3, -0.25) is 9.52 Å². The molecule has 0 spiro atoms. The first kappa shape index (κ1) is 17.7. The number of allylic oxidation sites excluding steroid dienone is 1. The number of anilines is 1. The maximum atomic E-state index is 12.3. The lowest BCUT2D eigenvalue weighted by Crippen LogP contribution is -2.09. The molecule has 1 N–H and O–H groups in total. The zero-order valence-corrected chi connectivity index (χ0v) is 15.6. The second kappa shape index (κ2) is 7.00. The molecule has 0 amide bonds. The van der Waals surface area contributed by atoms with Gasteiger partial charge in [-0.15, -0.1) is 11.3 Å². The Morgan fingerprint density at radius 1 is 1.12 bits per heavy atom. The van der Waals surface area contributed by atoms with Crippen LogP contribution in [0, 0.1) is 0 Å². The number of nitrogens with one attached hydrogen (secondary N) is 1. The molecule has 4 nitrogen and oxygen atoms in total. The highest BCUT2D eigenvalue weighted by Crippen LogP contribution is 2.35. The van der Waals surface area contributed by atoms with E-state index in [9.17, 15) is 13.2 Å². The fraction of sp³-hybridized carbons (Fsp3) is 0.0556. The molecule has 128 valence electrons. The minimum atomic E-state index is -3.34. The zero-order chi connectivity index (χ0) is 18.0. The lowest BCUT2D eigenvalue weighted by molar-refractivity contribution is 0.104. The van der Waals surface area contributed by atoms with Gasteiger partial charge in [0.05, 0.1) is 11.3 Å². The maximum Gasteiger partial charge on any atom is 0.229 e. The van der Waals surface area contributed by atoms with E-state index < -0.39 is 10.0 Å². The number of halogens is 1. The molecule has 25 heavy (non-hydrogen) atoms. The van der Waals surface area contributed by atoms with Crippen LogP contribution in [-0.2, 0) is 10.0 Å². The first-order valence-electron chi connectivity index (χ1n) is 7.31. The summed E-state index contributed by atoms with van der Waals surface area (Å²) in [4.78, 5) is 13.1. The van der Waals surface area contributed by atoms with Crippen molar-refractivity contribution < 1.29 is 13.2 Å². The quantitative estimate of drug-likeness (QED) is 0.500. The first-order chi connectivity index (χ1) is 11.8. The molecule has 0 bridgehead atoms. The van der Waals surface area contributed by atoms with Gasteiger partial charge < -0.3 is 0 Å². The fourth-order valence-electron chi connectivity index (χ4n) is 2.30. The van der Waals surface area contributed by atoms with Crippen molar-refractivity contribution in [3.63, 3.8) is 0 Å². The monoisotopic (exact) mass is 391 g/mol. The number of hydrogen-bond acceptors (Lipinski definition) is 4. The summed E-state index contributed by atoms with van der Waals surface area (Å²) in [6, 6.07) is 14.0. The van der Waals surface area contributed by atoms with Crippen LogP contribution >= 0.6 is 22.9 Å². The van der Waals surface area contributed by atoms with E-state index in [0.29, 0.717) is 16.3 Å². The van der Waals surface area contributed by atoms with Gasteiger partial charge in [0, 0.05) is 26.2 Å². The topological polar surface area (TPSA) is 63.2 Å². The van der Waals surface area contributed by atoms with Crippen molar-refractivity contribution in [2.45, 2.75) is 0 Å². The van der Waals surface area contributed by atoms with E-state index in [0.717, 1.165) is 21.2 Å². The molecule has 0 aliphatic rings. The Morgan fingerprint density at radius 3 is 2.44 bits per heavy atom. The van der Waals surface area contributed by atoms with Crippen molar-refractivity contribution in [2.24, 2.45) is 0 Å². The van der Waals surface area contributed by atoms with Crippen LogP contribution in [0.2, 0.25) is 5.02 Å². The highest BCUT2D eigenvalue weighted by Gasteiger charge is 2.09. The molecule has 3 aromatic rings. The van der Waals surface area contributed by atoms with Crippen molar-refractivity contribution in [3.05, 3.63) is 70.1 Å². The van der Waals surface area contributed by atoms with E-state index in [4.69, 9.17) is 11.6 Å². The van der Waals surface area contributed by atoms with Crippen LogP contribution < -0.4 is 4.72 Å². The molecule has 0 saturated heterocycles. The number of carbonyl (C=O) groups excluding carboxylic acids is 1. The van der Waals surface area contributed by atoms with Crippen molar-refractivity contribution >= 4 is 60.6 Å². The number of fused-ring (bicyclic) bond motifs is 1. The molecule has 0 radical (unpaired) electrons. The molecule has 0 aliphatic heterocycles. The molecule has 0 saturated carbocycles. The molecule has 1 aromatic heterocycles. The molecular formula is C18H14ClNO3S2. The Balaban J connectivity index is 1.79. The molecular weight excluding hydrogens is 378 g/mol. The summed E-state index contributed by atoms with van der Waals surface area (Å²) in [6.45, 7) is 0. The summed E-state index contributed by atoms with van der Waals surface area (Å²) in [7, 11) is -3.34. The highest BCUT2D eigenvalue weighted by molar-refractivity contribution is 7.92. The minimum absolute atomic E-state index is 0.181. The van der Waals surface area contributed by atoms with Gasteiger partial charge in [-0.1, -0.05) is 29.8 Å². The number of benzene rings is 2. The summed E-state index contributed by atoms with van der Waals surface area (Å²) in [6.07, 6.45) is 4.25. The van der Waals surface area contributed by atoms with Crippen LogP contribution in [0.5, 0.6) is 0 Å². The van der Waals surface area contributed by atoms with E-state index >= 15 is 0 Å². The van der Waals surface area contributed by atoms with Gasteiger partial charge in [0.25, 0.3) is 0 Å². The molecule has 3 rings (SSSR count). The maximum absolute atomic E-state index is 12.3. The molecule has 0 unspecified atom stereocenters. The Bertz CT molecular complexity index is 1070. The van der Waals surface area contributed by atoms with Gasteiger partial charge in [-0.25, -0.2) is 8.42 Å². The smallest absolute Gasteiger partial charge is 0.229 e. The largest absolute Gasteiger partial charge is 0.289 e. The lowest BCUT2D eigenvalue weighted by atomic mass is 10.1. The van der Waals surface area contributed by atoms with Gasteiger partial charge in [0.1, 0.15) is 0 Å². The van der Waals surface area contributed by atoms with Crippen LogP contribution in [0.4, 0.5) is 5.69 Å². The van der Waals surface area contributed by atoms with Crippen LogP contribution in [0.25, 0.3) is 16.2 Å². The van der Waals surface area contributed by atoms with Crippen molar-refractivity contribution in [2.75, 3.05) is 11.0 Å². The Hall–Kier alpha value is -2.15. The third-order valence-electron chi connectivity index (χ3n) is 3.42. The van der Waals surface area contributed by atoms with E-state index in [-0.39, 0.29) is 5.78 Å². The predicted molar refractivity (Wildman–Crippen MR) is 105 cm³/mol. The SMILES string of the molecule is CS(=O)(=O)Nc1ccc(C(=O)C=Cc2sc3ccccc3c2Cl)cc1. The van der Waals surface area contributed by atoms with Crippen LogP contribution in [0.3, 0.4) is 0 Å². The van der Waals surface area contributed by atoms with Crippen LogP contribution in [0.1, 0.15) is 15.2 Å². The summed E-state index contributed by atoms with van der Waals surface area (Å²) in [5.74, 6) is -0.181. The first-order valence-corrected chi connectivity index (χ1v) is 10.4. The van der Waals surface area contributed by atoms with E-state index in [2.05, 4.69) is 4.72 Å². The number of ketones is 1. The number of hydrogen-bond donors (Lipinski definition) is 1. The van der Waals surface area contributed by atoms with Gasteiger partial charge in [0.15, 0.2) is 5.78 Å². The molecule has 1 heterocycles. The van der Waals surface area contributed by atoms with Gasteiger partial charge in [-0.05, 0) is 42.5 Å². The molecule has 0 atom stereocenters. The number of sulfonamides is 1. The summed E-state index contributed by atoms with van der Waals surface area (Å²) in [5, 5.41) is 1.61. The standard InChI is InChI=1S/C18H14ClNO3S2/c1-25(22,23)20-13-8-6-12(7-9-13)15(21)10-11-17-18(19)14-4-2-3-5-16(14)24-17/h2-11,20H,1H3. The van der Waals surface area contributed by atoms with Crippen molar-refractivity contribution in [3.8, 4) is 0 Å². The number of rotatable bonds is 5. The third kappa shape index (κ3) is 4.28. The summed E-state index contributed by atoms with van der Waals surface area (Å²) >= 11 is 7.87. The minimum Gasteiger partial charge on any atom is -0.289 e. The molecule has 0 aliphatic carbocycles. The van der Waals surface area contributed by atoms with Gasteiger partial charge in [0.2, 0.25) is 10.0 Å². The number of thiophene rings is 1. The lowest BCUT2D eigenvalue weighted by Gasteiger charge is -2.03. The number of carbonyl (C=O) groups is 1. The van der Waals surface area contributed by atoms with Crippen molar-refractivity contribution in [1.29, 1.82) is 0 Å². The average Bonchev–Trinajstić information content (AvgIpc) is 2.88. The average molecular weight is 392 g/mol. The van der Waals surface area contributed by atoms with E-state index in [1.807, 2.05) is 24.3 Å². The second-order valence-electron chi connectivity index (χ2n) is 5.43. The molecule has 0 fully saturated rings. The Kier molecular flexibility index (Phi) is 4.94. The van der Waals surface area contributed by atoms with E-state index in [1.54, 1.807) is 30.3 Å². The van der Waals surface area contributed by atoms with Crippen molar-refractivity contribution in [1.82, 2.24) is 0 Å². The zero-order valence-electron chi connectivity index (χ0n) is 13.2. The summed E-state index contributed by atoms with van der Waals surface area (Å²) < 4.78 is 25.8.